The van der Waals surface area contributed by atoms with Crippen molar-refractivity contribution in [2.45, 2.75) is 37.4 Å². The molecule has 5 nitrogen and oxygen atoms in total. The van der Waals surface area contributed by atoms with Crippen LogP contribution in [0.1, 0.15) is 34.5 Å². The second kappa shape index (κ2) is 9.31. The molecule has 1 aliphatic heterocycles. The molecule has 2 unspecified atom stereocenters. The molecule has 9 heteroatoms. The number of allylic oxidation sites excluding steroid dienone is 4. The SMILES string of the molecule is O=C(NCc1cc2c(Cl)c[nH]c2cc1F)c1ccnc(CC2=CC3=C(N=CC(Cl)C3)C(F)C2)c1. The third-order valence-corrected chi connectivity index (χ3v) is 6.54. The fraction of sp³-hybridized carbons (Fsp3) is 0.240. The van der Waals surface area contributed by atoms with E-state index in [1.807, 2.05) is 6.08 Å². The first-order valence-corrected chi connectivity index (χ1v) is 11.6. The minimum Gasteiger partial charge on any atom is -0.360 e. The summed E-state index contributed by atoms with van der Waals surface area (Å²) < 4.78 is 29.0. The number of hydrogen-bond donors (Lipinski definition) is 2. The molecular formula is C25H20Cl2F2N4O. The Morgan fingerprint density at radius 1 is 1.26 bits per heavy atom. The van der Waals surface area contributed by atoms with Crippen LogP contribution in [0.5, 0.6) is 0 Å². The molecule has 34 heavy (non-hydrogen) atoms. The van der Waals surface area contributed by atoms with E-state index in [9.17, 15) is 13.6 Å². The number of aromatic amines is 1. The lowest BCUT2D eigenvalue weighted by Gasteiger charge is -2.24. The van der Waals surface area contributed by atoms with E-state index in [2.05, 4.69) is 20.3 Å². The molecule has 0 saturated heterocycles. The Morgan fingerprint density at radius 3 is 2.97 bits per heavy atom. The number of rotatable bonds is 5. The first-order valence-electron chi connectivity index (χ1n) is 10.8. The van der Waals surface area contributed by atoms with E-state index in [-0.39, 0.29) is 24.2 Å². The molecule has 1 aromatic carbocycles. The molecule has 3 aromatic rings. The number of benzene rings is 1. The summed E-state index contributed by atoms with van der Waals surface area (Å²) in [5.74, 6) is -0.799. The number of carbonyl (C=O) groups excluding carboxylic acids is 1. The second-order valence-corrected chi connectivity index (χ2v) is 9.37. The summed E-state index contributed by atoms with van der Waals surface area (Å²) in [4.78, 5) is 24.1. The van der Waals surface area contributed by atoms with Crippen molar-refractivity contribution >= 4 is 46.2 Å². The maximum Gasteiger partial charge on any atom is 0.251 e. The van der Waals surface area contributed by atoms with Crippen LogP contribution >= 0.6 is 23.2 Å². The first-order chi connectivity index (χ1) is 16.4. The van der Waals surface area contributed by atoms with E-state index in [1.165, 1.54) is 12.3 Å². The molecule has 0 bridgehead atoms. The van der Waals surface area contributed by atoms with Crippen LogP contribution in [0, 0.1) is 5.82 Å². The number of amides is 1. The van der Waals surface area contributed by atoms with Crippen LogP contribution in [0.3, 0.4) is 0 Å². The summed E-state index contributed by atoms with van der Waals surface area (Å²) in [5.41, 5.74) is 4.09. The summed E-state index contributed by atoms with van der Waals surface area (Å²) in [6.45, 7) is 0.00545. The quantitative estimate of drug-likeness (QED) is 0.432. The molecule has 3 heterocycles. The number of nitrogens with one attached hydrogen (secondary N) is 2. The van der Waals surface area contributed by atoms with Gasteiger partial charge < -0.3 is 10.3 Å². The number of pyridine rings is 1. The number of alkyl halides is 2. The molecule has 2 atom stereocenters. The minimum absolute atomic E-state index is 0.00545. The van der Waals surface area contributed by atoms with Gasteiger partial charge in [0.25, 0.3) is 5.91 Å². The van der Waals surface area contributed by atoms with Crippen LogP contribution in [-0.4, -0.2) is 33.6 Å². The Morgan fingerprint density at radius 2 is 2.12 bits per heavy atom. The second-order valence-electron chi connectivity index (χ2n) is 8.40. The average molecular weight is 501 g/mol. The van der Waals surface area contributed by atoms with Crippen molar-refractivity contribution < 1.29 is 13.6 Å². The molecule has 2 aliphatic rings. The third-order valence-electron chi connectivity index (χ3n) is 5.96. The maximum absolute atomic E-state index is 14.6. The Hall–Kier alpha value is -3.03. The third kappa shape index (κ3) is 4.63. The molecule has 0 radical (unpaired) electrons. The normalized spacial score (nSPS) is 19.8. The molecule has 0 fully saturated rings. The molecule has 0 spiro atoms. The summed E-state index contributed by atoms with van der Waals surface area (Å²) in [6, 6.07) is 6.23. The number of hydrogen-bond acceptors (Lipinski definition) is 3. The van der Waals surface area contributed by atoms with Gasteiger partial charge in [-0.25, -0.2) is 8.78 Å². The summed E-state index contributed by atoms with van der Waals surface area (Å²) in [6.07, 6.45) is 6.64. The summed E-state index contributed by atoms with van der Waals surface area (Å²) in [5, 5.41) is 3.67. The number of carbonyl (C=O) groups is 1. The van der Waals surface area contributed by atoms with Gasteiger partial charge in [-0.1, -0.05) is 23.3 Å². The molecule has 0 saturated carbocycles. The molecule has 174 valence electrons. The molecular weight excluding hydrogens is 481 g/mol. The highest BCUT2D eigenvalue weighted by Gasteiger charge is 2.27. The predicted octanol–water partition coefficient (Wildman–Crippen LogP) is 5.83. The number of aromatic nitrogens is 2. The van der Waals surface area contributed by atoms with Crippen LogP contribution < -0.4 is 5.32 Å². The van der Waals surface area contributed by atoms with Gasteiger partial charge in [-0.2, -0.15) is 0 Å². The minimum atomic E-state index is -1.18. The van der Waals surface area contributed by atoms with E-state index in [0.717, 1.165) is 11.1 Å². The summed E-state index contributed by atoms with van der Waals surface area (Å²) in [7, 11) is 0. The van der Waals surface area contributed by atoms with Crippen molar-refractivity contribution in [2.75, 3.05) is 0 Å². The zero-order valence-corrected chi connectivity index (χ0v) is 19.4. The van der Waals surface area contributed by atoms with Gasteiger partial charge in [0.05, 0.1) is 16.1 Å². The van der Waals surface area contributed by atoms with Gasteiger partial charge in [-0.15, -0.1) is 11.6 Å². The van der Waals surface area contributed by atoms with Crippen molar-refractivity contribution in [2.24, 2.45) is 4.99 Å². The maximum atomic E-state index is 14.6. The van der Waals surface area contributed by atoms with Crippen LogP contribution in [0.25, 0.3) is 10.9 Å². The predicted molar refractivity (Wildman–Crippen MR) is 130 cm³/mol. The van der Waals surface area contributed by atoms with Crippen molar-refractivity contribution in [1.82, 2.24) is 15.3 Å². The van der Waals surface area contributed by atoms with Crippen LogP contribution in [-0.2, 0) is 13.0 Å². The fourth-order valence-electron chi connectivity index (χ4n) is 4.30. The van der Waals surface area contributed by atoms with Gasteiger partial charge in [0, 0.05) is 65.7 Å². The Bertz CT molecular complexity index is 1380. The van der Waals surface area contributed by atoms with Crippen LogP contribution in [0.4, 0.5) is 8.78 Å². The van der Waals surface area contributed by atoms with Crippen LogP contribution in [0.2, 0.25) is 5.02 Å². The van der Waals surface area contributed by atoms with E-state index < -0.39 is 12.0 Å². The molecule has 1 aliphatic carbocycles. The molecule has 2 N–H and O–H groups in total. The molecule has 2 aromatic heterocycles. The standard InChI is InChI=1S/C25H20Cl2F2N4O/c26-17-6-15-3-13(5-22(29)24(15)32-11-17)4-18-7-14(1-2-30-18)25(34)33-10-16-8-19-20(27)12-31-23(19)9-21(16)28/h1-3,7-9,11-12,17,22,31H,4-6,10H2,(H,33,34). The first kappa shape index (κ1) is 22.7. The van der Waals surface area contributed by atoms with Gasteiger partial charge >= 0.3 is 0 Å². The number of fused-ring (bicyclic) bond motifs is 1. The number of halogens is 4. The van der Waals surface area contributed by atoms with Gasteiger partial charge in [0.2, 0.25) is 0 Å². The number of H-pyrrole nitrogens is 1. The lowest BCUT2D eigenvalue weighted by molar-refractivity contribution is 0.0950. The number of aliphatic imine (C=N–C) groups is 1. The smallest absolute Gasteiger partial charge is 0.251 e. The lowest BCUT2D eigenvalue weighted by Crippen LogP contribution is -2.23. The van der Waals surface area contributed by atoms with E-state index in [0.29, 0.717) is 51.3 Å². The Balaban J connectivity index is 1.28. The van der Waals surface area contributed by atoms with Crippen molar-refractivity contribution in [3.63, 3.8) is 0 Å². The topological polar surface area (TPSA) is 70.1 Å². The van der Waals surface area contributed by atoms with Gasteiger partial charge in [0.1, 0.15) is 12.0 Å². The van der Waals surface area contributed by atoms with E-state index in [4.69, 9.17) is 23.2 Å². The summed E-state index contributed by atoms with van der Waals surface area (Å²) >= 11 is 12.3. The largest absolute Gasteiger partial charge is 0.360 e. The van der Waals surface area contributed by atoms with Crippen LogP contribution in [0.15, 0.2) is 64.6 Å². The highest BCUT2D eigenvalue weighted by atomic mass is 35.5. The van der Waals surface area contributed by atoms with E-state index in [1.54, 1.807) is 30.6 Å². The number of nitrogens with zero attached hydrogens (tertiary/aromatic N) is 2. The van der Waals surface area contributed by atoms with Crippen molar-refractivity contribution in [3.8, 4) is 0 Å². The van der Waals surface area contributed by atoms with Gasteiger partial charge in [-0.05, 0) is 36.3 Å². The lowest BCUT2D eigenvalue weighted by atomic mass is 9.89. The fourth-order valence-corrected chi connectivity index (χ4v) is 4.73. The monoisotopic (exact) mass is 500 g/mol. The highest BCUT2D eigenvalue weighted by molar-refractivity contribution is 6.35. The average Bonchev–Trinajstić information content (AvgIpc) is 3.16. The van der Waals surface area contributed by atoms with Gasteiger partial charge in [-0.3, -0.25) is 14.8 Å². The highest BCUT2D eigenvalue weighted by Crippen LogP contribution is 2.34. The van der Waals surface area contributed by atoms with E-state index >= 15 is 0 Å². The van der Waals surface area contributed by atoms with Gasteiger partial charge in [0.15, 0.2) is 0 Å². The molecule has 1 amide bonds. The van der Waals surface area contributed by atoms with Crippen molar-refractivity contribution in [3.05, 3.63) is 87.2 Å². The Labute approximate surface area is 204 Å². The zero-order valence-electron chi connectivity index (χ0n) is 17.9. The Kier molecular flexibility index (Phi) is 6.23. The zero-order chi connectivity index (χ0) is 23.8. The van der Waals surface area contributed by atoms with Crippen molar-refractivity contribution in [1.29, 1.82) is 0 Å². The molecule has 5 rings (SSSR count).